The normalized spacial score (nSPS) is 10.5. The molecule has 0 fully saturated rings. The number of hydrogen-bond acceptors (Lipinski definition) is 2. The zero-order chi connectivity index (χ0) is 12.6. The van der Waals surface area contributed by atoms with E-state index in [1.807, 2.05) is 6.92 Å². The van der Waals surface area contributed by atoms with Crippen molar-refractivity contribution >= 4 is 29.0 Å². The molecule has 0 unspecified atom stereocenters. The summed E-state index contributed by atoms with van der Waals surface area (Å²) < 4.78 is 1.67. The first-order valence-electron chi connectivity index (χ1n) is 4.85. The summed E-state index contributed by atoms with van der Waals surface area (Å²) >= 11 is 11.8. The molecule has 0 aliphatic rings. The van der Waals surface area contributed by atoms with Crippen LogP contribution in [0.25, 0.3) is 5.69 Å². The zero-order valence-corrected chi connectivity index (χ0v) is 10.5. The number of rotatable bonds is 2. The van der Waals surface area contributed by atoms with Gasteiger partial charge in [-0.25, -0.2) is 4.68 Å². The molecular weight excluding hydrogens is 259 g/mol. The van der Waals surface area contributed by atoms with Crippen LogP contribution in [-0.2, 0) is 0 Å². The minimum atomic E-state index is -0.00573. The van der Waals surface area contributed by atoms with E-state index in [1.165, 1.54) is 0 Å². The number of benzene rings is 1. The van der Waals surface area contributed by atoms with Gasteiger partial charge in [0.2, 0.25) is 0 Å². The van der Waals surface area contributed by atoms with Crippen molar-refractivity contribution in [2.45, 2.75) is 6.92 Å². The SMILES string of the molecule is Cc1c(C(=N)N)cnn1-c1ccc(Cl)c(Cl)c1. The van der Waals surface area contributed by atoms with Crippen LogP contribution in [0.3, 0.4) is 0 Å². The number of nitrogens with one attached hydrogen (secondary N) is 1. The zero-order valence-electron chi connectivity index (χ0n) is 9.04. The van der Waals surface area contributed by atoms with Gasteiger partial charge in [-0.3, -0.25) is 5.41 Å². The number of nitrogen functional groups attached to an aromatic ring is 1. The fraction of sp³-hybridized carbons (Fsp3) is 0.0909. The number of nitrogens with zero attached hydrogens (tertiary/aromatic N) is 2. The Hall–Kier alpha value is -1.52. The van der Waals surface area contributed by atoms with Crippen LogP contribution in [0.2, 0.25) is 10.0 Å². The third-order valence-electron chi connectivity index (χ3n) is 2.45. The first-order chi connectivity index (χ1) is 8.00. The molecule has 0 amide bonds. The molecule has 2 aromatic rings. The van der Waals surface area contributed by atoms with E-state index in [-0.39, 0.29) is 5.84 Å². The van der Waals surface area contributed by atoms with Crippen molar-refractivity contribution in [1.29, 1.82) is 5.41 Å². The topological polar surface area (TPSA) is 67.7 Å². The Bertz CT molecular complexity index is 589. The third kappa shape index (κ3) is 2.14. The van der Waals surface area contributed by atoms with Gasteiger partial charge in [-0.2, -0.15) is 5.10 Å². The Kier molecular flexibility index (Phi) is 3.09. The standard InChI is InChI=1S/C11H10Cl2N4/c1-6-8(11(14)15)5-16-17(6)7-2-3-9(12)10(13)4-7/h2-5H,1H3,(H3,14,15). The average molecular weight is 269 g/mol. The molecule has 0 radical (unpaired) electrons. The molecule has 0 atom stereocenters. The van der Waals surface area contributed by atoms with Crippen LogP contribution in [0.4, 0.5) is 0 Å². The van der Waals surface area contributed by atoms with Crippen LogP contribution >= 0.6 is 23.2 Å². The van der Waals surface area contributed by atoms with E-state index < -0.39 is 0 Å². The van der Waals surface area contributed by atoms with E-state index in [1.54, 1.807) is 29.1 Å². The molecular formula is C11H10Cl2N4. The highest BCUT2D eigenvalue weighted by atomic mass is 35.5. The summed E-state index contributed by atoms with van der Waals surface area (Å²) in [6.07, 6.45) is 1.56. The van der Waals surface area contributed by atoms with Crippen LogP contribution in [0, 0.1) is 12.3 Å². The van der Waals surface area contributed by atoms with Gasteiger partial charge in [0.1, 0.15) is 5.84 Å². The second-order valence-electron chi connectivity index (χ2n) is 3.57. The highest BCUT2D eigenvalue weighted by Crippen LogP contribution is 2.25. The van der Waals surface area contributed by atoms with Gasteiger partial charge in [0, 0.05) is 0 Å². The van der Waals surface area contributed by atoms with E-state index in [0.717, 1.165) is 11.4 Å². The van der Waals surface area contributed by atoms with Gasteiger partial charge in [0.15, 0.2) is 0 Å². The maximum atomic E-state index is 7.41. The number of halogens is 2. The van der Waals surface area contributed by atoms with Gasteiger partial charge in [0.05, 0.1) is 33.2 Å². The molecule has 0 saturated heterocycles. The van der Waals surface area contributed by atoms with Crippen molar-refractivity contribution in [3.05, 3.63) is 45.7 Å². The molecule has 0 bridgehead atoms. The molecule has 0 aliphatic heterocycles. The highest BCUT2D eigenvalue weighted by molar-refractivity contribution is 6.42. The van der Waals surface area contributed by atoms with Crippen LogP contribution in [0.1, 0.15) is 11.3 Å². The molecule has 4 nitrogen and oxygen atoms in total. The largest absolute Gasteiger partial charge is 0.384 e. The number of nitrogens with two attached hydrogens (primary N) is 1. The fourth-order valence-corrected chi connectivity index (χ4v) is 1.84. The Morgan fingerprint density at radius 2 is 2.06 bits per heavy atom. The highest BCUT2D eigenvalue weighted by Gasteiger charge is 2.10. The monoisotopic (exact) mass is 268 g/mol. The molecule has 1 aromatic heterocycles. The van der Waals surface area contributed by atoms with Crippen LogP contribution < -0.4 is 5.73 Å². The minimum Gasteiger partial charge on any atom is -0.384 e. The van der Waals surface area contributed by atoms with E-state index in [2.05, 4.69) is 5.10 Å². The fourth-order valence-electron chi connectivity index (χ4n) is 1.55. The molecule has 1 heterocycles. The molecule has 17 heavy (non-hydrogen) atoms. The Labute approximate surface area is 108 Å². The first-order valence-corrected chi connectivity index (χ1v) is 5.60. The minimum absolute atomic E-state index is 0.00573. The van der Waals surface area contributed by atoms with Crippen LogP contribution in [0.15, 0.2) is 24.4 Å². The smallest absolute Gasteiger partial charge is 0.126 e. The maximum absolute atomic E-state index is 7.41. The average Bonchev–Trinajstić information content (AvgIpc) is 2.64. The number of aromatic nitrogens is 2. The van der Waals surface area contributed by atoms with Crippen LogP contribution in [0.5, 0.6) is 0 Å². The summed E-state index contributed by atoms with van der Waals surface area (Å²) in [5.74, 6) is -0.00573. The maximum Gasteiger partial charge on any atom is 0.126 e. The van der Waals surface area contributed by atoms with Crippen LogP contribution in [-0.4, -0.2) is 15.6 Å². The van der Waals surface area contributed by atoms with Gasteiger partial charge in [-0.1, -0.05) is 23.2 Å². The van der Waals surface area contributed by atoms with Crippen molar-refractivity contribution in [3.8, 4) is 5.69 Å². The van der Waals surface area contributed by atoms with E-state index in [0.29, 0.717) is 15.6 Å². The lowest BCUT2D eigenvalue weighted by Crippen LogP contribution is -2.12. The summed E-state index contributed by atoms with van der Waals surface area (Å²) in [4.78, 5) is 0. The lowest BCUT2D eigenvalue weighted by atomic mass is 10.2. The van der Waals surface area contributed by atoms with Crippen molar-refractivity contribution in [2.24, 2.45) is 5.73 Å². The third-order valence-corrected chi connectivity index (χ3v) is 3.19. The Balaban J connectivity index is 2.53. The van der Waals surface area contributed by atoms with Crippen molar-refractivity contribution in [1.82, 2.24) is 9.78 Å². The van der Waals surface area contributed by atoms with Gasteiger partial charge in [0.25, 0.3) is 0 Å². The predicted octanol–water partition coefficient (Wildman–Crippen LogP) is 2.77. The molecule has 88 valence electrons. The molecule has 0 saturated carbocycles. The molecule has 2 rings (SSSR count). The molecule has 6 heteroatoms. The van der Waals surface area contributed by atoms with Gasteiger partial charge in [-0.15, -0.1) is 0 Å². The summed E-state index contributed by atoms with van der Waals surface area (Å²) in [5, 5.41) is 12.5. The van der Waals surface area contributed by atoms with E-state index in [9.17, 15) is 0 Å². The summed E-state index contributed by atoms with van der Waals surface area (Å²) in [6.45, 7) is 1.84. The summed E-state index contributed by atoms with van der Waals surface area (Å²) in [7, 11) is 0. The number of amidine groups is 1. The molecule has 0 aliphatic carbocycles. The van der Waals surface area contributed by atoms with Gasteiger partial charge in [-0.05, 0) is 25.1 Å². The Morgan fingerprint density at radius 1 is 1.35 bits per heavy atom. The predicted molar refractivity (Wildman–Crippen MR) is 69.3 cm³/mol. The number of hydrogen-bond donors (Lipinski definition) is 2. The van der Waals surface area contributed by atoms with Crippen molar-refractivity contribution in [2.75, 3.05) is 0 Å². The van der Waals surface area contributed by atoms with E-state index in [4.69, 9.17) is 34.3 Å². The quantitative estimate of drug-likeness (QED) is 0.650. The van der Waals surface area contributed by atoms with Gasteiger partial charge < -0.3 is 5.73 Å². The van der Waals surface area contributed by atoms with Crippen molar-refractivity contribution < 1.29 is 0 Å². The lowest BCUT2D eigenvalue weighted by molar-refractivity contribution is 0.847. The van der Waals surface area contributed by atoms with Gasteiger partial charge >= 0.3 is 0 Å². The van der Waals surface area contributed by atoms with E-state index >= 15 is 0 Å². The first kappa shape index (κ1) is 12.0. The summed E-state index contributed by atoms with van der Waals surface area (Å²) in [5.41, 5.74) is 7.62. The lowest BCUT2D eigenvalue weighted by Gasteiger charge is -2.06. The molecule has 3 N–H and O–H groups in total. The summed E-state index contributed by atoms with van der Waals surface area (Å²) in [6, 6.07) is 5.22. The Morgan fingerprint density at radius 3 is 2.59 bits per heavy atom. The second-order valence-corrected chi connectivity index (χ2v) is 4.38. The molecule has 1 aromatic carbocycles. The second kappa shape index (κ2) is 4.39. The van der Waals surface area contributed by atoms with Crippen molar-refractivity contribution in [3.63, 3.8) is 0 Å². The molecule has 0 spiro atoms.